The number of thiocarbonyl (C=S) groups is 1. The molecule has 2 rings (SSSR count). The Labute approximate surface area is 131 Å². The van der Waals surface area contributed by atoms with E-state index in [1.54, 1.807) is 0 Å². The molecule has 3 N–H and O–H groups in total. The van der Waals surface area contributed by atoms with E-state index in [-0.39, 0.29) is 6.04 Å². The first-order valence-corrected chi connectivity index (χ1v) is 7.40. The maximum Gasteiger partial charge on any atom is 0.407 e. The number of benzene rings is 1. The van der Waals surface area contributed by atoms with Crippen LogP contribution in [0, 0.1) is 0 Å². The highest BCUT2D eigenvalue weighted by Gasteiger charge is 2.26. The van der Waals surface area contributed by atoms with Crippen molar-refractivity contribution in [1.29, 1.82) is 0 Å². The minimum Gasteiger partial charge on any atom is -0.453 e. The molecule has 1 heterocycles. The molecular formula is C13H16BrN3O2S. The van der Waals surface area contributed by atoms with Gasteiger partial charge >= 0.3 is 6.09 Å². The average Bonchev–Trinajstić information content (AvgIpc) is 2.86. The molecule has 1 amide bonds. The van der Waals surface area contributed by atoms with Crippen LogP contribution in [0.4, 0.5) is 10.5 Å². The topological polar surface area (TPSA) is 67.6 Å². The van der Waals surface area contributed by atoms with Gasteiger partial charge < -0.3 is 20.7 Å². The normalized spacial score (nSPS) is 17.9. The van der Waals surface area contributed by atoms with Crippen molar-refractivity contribution in [2.24, 2.45) is 5.73 Å². The van der Waals surface area contributed by atoms with Crippen LogP contribution in [0.3, 0.4) is 0 Å². The van der Waals surface area contributed by atoms with Crippen LogP contribution in [0.1, 0.15) is 12.0 Å². The highest BCUT2D eigenvalue weighted by atomic mass is 79.9. The van der Waals surface area contributed by atoms with Gasteiger partial charge in [0.2, 0.25) is 0 Å². The van der Waals surface area contributed by atoms with Crippen molar-refractivity contribution in [3.05, 3.63) is 28.2 Å². The number of methoxy groups -OCH3 is 1. The lowest BCUT2D eigenvalue weighted by Crippen LogP contribution is -2.37. The first-order valence-electron chi connectivity index (χ1n) is 6.20. The zero-order chi connectivity index (χ0) is 14.7. The van der Waals surface area contributed by atoms with E-state index in [0.717, 1.165) is 28.7 Å². The Kier molecular flexibility index (Phi) is 4.82. The SMILES string of the molecule is COC(=O)NC1CCN(c2cccc(Br)c2C(N)=S)C1. The first-order chi connectivity index (χ1) is 9.52. The third kappa shape index (κ3) is 3.21. The summed E-state index contributed by atoms with van der Waals surface area (Å²) in [6.07, 6.45) is 0.457. The highest BCUT2D eigenvalue weighted by Crippen LogP contribution is 2.30. The van der Waals surface area contributed by atoms with Gasteiger partial charge in [-0.15, -0.1) is 0 Å². The van der Waals surface area contributed by atoms with Gasteiger partial charge in [-0.3, -0.25) is 0 Å². The molecule has 1 unspecified atom stereocenters. The van der Waals surface area contributed by atoms with Crippen LogP contribution in [0.2, 0.25) is 0 Å². The second-order valence-electron chi connectivity index (χ2n) is 4.57. The minimum absolute atomic E-state index is 0.0700. The van der Waals surface area contributed by atoms with Gasteiger partial charge in [-0.2, -0.15) is 0 Å². The van der Waals surface area contributed by atoms with Gasteiger partial charge in [0, 0.05) is 28.8 Å². The third-order valence-corrected chi connectivity index (χ3v) is 4.14. The second-order valence-corrected chi connectivity index (χ2v) is 5.86. The number of carbonyl (C=O) groups is 1. The summed E-state index contributed by atoms with van der Waals surface area (Å²) in [4.78, 5) is 13.8. The van der Waals surface area contributed by atoms with Gasteiger partial charge in [-0.1, -0.05) is 18.3 Å². The molecule has 5 nitrogen and oxygen atoms in total. The number of anilines is 1. The number of nitrogens with zero attached hydrogens (tertiary/aromatic N) is 1. The molecule has 1 aromatic carbocycles. The molecule has 1 aromatic rings. The fraction of sp³-hybridized carbons (Fsp3) is 0.385. The molecule has 108 valence electrons. The number of nitrogens with two attached hydrogens (primary N) is 1. The molecule has 0 bridgehead atoms. The van der Waals surface area contributed by atoms with Gasteiger partial charge in [0.15, 0.2) is 0 Å². The lowest BCUT2D eigenvalue weighted by Gasteiger charge is -2.22. The Morgan fingerprint density at radius 1 is 1.60 bits per heavy atom. The Morgan fingerprint density at radius 2 is 2.35 bits per heavy atom. The molecule has 7 heteroatoms. The molecule has 1 fully saturated rings. The van der Waals surface area contributed by atoms with Crippen LogP contribution < -0.4 is 16.0 Å². The van der Waals surface area contributed by atoms with Crippen LogP contribution in [-0.2, 0) is 4.74 Å². The van der Waals surface area contributed by atoms with Gasteiger partial charge in [-0.05, 0) is 34.5 Å². The predicted molar refractivity (Wildman–Crippen MR) is 86.2 cm³/mol. The summed E-state index contributed by atoms with van der Waals surface area (Å²) < 4.78 is 5.50. The third-order valence-electron chi connectivity index (χ3n) is 3.27. The number of rotatable bonds is 3. The zero-order valence-corrected chi connectivity index (χ0v) is 13.5. The molecule has 0 spiro atoms. The average molecular weight is 358 g/mol. The van der Waals surface area contributed by atoms with E-state index in [2.05, 4.69) is 30.9 Å². The Morgan fingerprint density at radius 3 is 3.00 bits per heavy atom. The predicted octanol–water partition coefficient (Wildman–Crippen LogP) is 2.02. The number of halogens is 1. The number of ether oxygens (including phenoxy) is 1. The maximum atomic E-state index is 11.2. The van der Waals surface area contributed by atoms with Crippen molar-refractivity contribution in [3.8, 4) is 0 Å². The van der Waals surface area contributed by atoms with Gasteiger partial charge in [0.05, 0.1) is 13.2 Å². The Bertz CT molecular complexity index is 538. The molecule has 0 aromatic heterocycles. The Balaban J connectivity index is 2.16. The fourth-order valence-corrected chi connectivity index (χ4v) is 3.26. The van der Waals surface area contributed by atoms with E-state index >= 15 is 0 Å². The number of carbonyl (C=O) groups excluding carboxylic acids is 1. The van der Waals surface area contributed by atoms with Crippen LogP contribution >= 0.6 is 28.1 Å². The molecule has 1 aliphatic rings. The number of nitrogens with one attached hydrogen (secondary N) is 1. The van der Waals surface area contributed by atoms with Crippen molar-refractivity contribution in [3.63, 3.8) is 0 Å². The van der Waals surface area contributed by atoms with E-state index in [0.29, 0.717) is 11.5 Å². The van der Waals surface area contributed by atoms with Crippen LogP contribution in [0.5, 0.6) is 0 Å². The van der Waals surface area contributed by atoms with Crippen LogP contribution in [0.15, 0.2) is 22.7 Å². The lowest BCUT2D eigenvalue weighted by molar-refractivity contribution is 0.167. The maximum absolute atomic E-state index is 11.2. The molecule has 1 saturated heterocycles. The van der Waals surface area contributed by atoms with Crippen molar-refractivity contribution >= 4 is 44.9 Å². The summed E-state index contributed by atoms with van der Waals surface area (Å²) in [5.74, 6) is 0. The molecule has 1 aliphatic heterocycles. The van der Waals surface area contributed by atoms with E-state index in [1.807, 2.05) is 18.2 Å². The lowest BCUT2D eigenvalue weighted by atomic mass is 10.1. The fourth-order valence-electron chi connectivity index (χ4n) is 2.34. The van der Waals surface area contributed by atoms with E-state index in [1.165, 1.54) is 7.11 Å². The number of alkyl carbamates (subject to hydrolysis) is 1. The molecule has 0 radical (unpaired) electrons. The van der Waals surface area contributed by atoms with Crippen LogP contribution in [0.25, 0.3) is 0 Å². The summed E-state index contributed by atoms with van der Waals surface area (Å²) in [5.41, 5.74) is 7.63. The molecule has 0 aliphatic carbocycles. The largest absolute Gasteiger partial charge is 0.453 e. The van der Waals surface area contributed by atoms with Crippen molar-refractivity contribution in [2.75, 3.05) is 25.1 Å². The highest BCUT2D eigenvalue weighted by molar-refractivity contribution is 9.10. The summed E-state index contributed by atoms with van der Waals surface area (Å²) >= 11 is 8.60. The van der Waals surface area contributed by atoms with Gasteiger partial charge in [-0.25, -0.2) is 4.79 Å². The van der Waals surface area contributed by atoms with Crippen molar-refractivity contribution < 1.29 is 9.53 Å². The minimum atomic E-state index is -0.402. The van der Waals surface area contributed by atoms with Gasteiger partial charge in [0.25, 0.3) is 0 Å². The molecule has 1 atom stereocenters. The monoisotopic (exact) mass is 357 g/mol. The summed E-state index contributed by atoms with van der Waals surface area (Å²) in [5, 5.41) is 2.81. The summed E-state index contributed by atoms with van der Waals surface area (Å²) in [6.45, 7) is 1.54. The van der Waals surface area contributed by atoms with Gasteiger partial charge in [0.1, 0.15) is 4.99 Å². The smallest absolute Gasteiger partial charge is 0.407 e. The summed E-state index contributed by atoms with van der Waals surface area (Å²) in [6, 6.07) is 5.92. The zero-order valence-electron chi connectivity index (χ0n) is 11.1. The standard InChI is InChI=1S/C13H16BrN3O2S/c1-19-13(18)16-8-5-6-17(7-8)10-4-2-3-9(14)11(10)12(15)20/h2-4,8H,5-7H2,1H3,(H2,15,20)(H,16,18). The van der Waals surface area contributed by atoms with E-state index < -0.39 is 6.09 Å². The quantitative estimate of drug-likeness (QED) is 0.810. The number of hydrogen-bond donors (Lipinski definition) is 2. The van der Waals surface area contributed by atoms with Crippen LogP contribution in [-0.4, -0.2) is 37.3 Å². The van der Waals surface area contributed by atoms with E-state index in [4.69, 9.17) is 18.0 Å². The molecular weight excluding hydrogens is 342 g/mol. The molecule has 20 heavy (non-hydrogen) atoms. The molecule has 0 saturated carbocycles. The summed E-state index contributed by atoms with van der Waals surface area (Å²) in [7, 11) is 1.36. The number of amides is 1. The van der Waals surface area contributed by atoms with E-state index in [9.17, 15) is 4.79 Å². The first kappa shape index (κ1) is 15.1. The Hall–Kier alpha value is -1.34. The second kappa shape index (κ2) is 6.41. The number of hydrogen-bond acceptors (Lipinski definition) is 4. The van der Waals surface area contributed by atoms with Crippen molar-refractivity contribution in [2.45, 2.75) is 12.5 Å². The van der Waals surface area contributed by atoms with Crippen molar-refractivity contribution in [1.82, 2.24) is 5.32 Å².